The van der Waals surface area contributed by atoms with E-state index in [1.807, 2.05) is 31.2 Å². The van der Waals surface area contributed by atoms with Crippen molar-refractivity contribution in [1.82, 2.24) is 5.32 Å². The molecular weight excluding hydrogens is 367 g/mol. The molecule has 1 amide bonds. The molecule has 2 aromatic rings. The number of nitrogens with one attached hydrogen (secondary N) is 2. The molecule has 28 heavy (non-hydrogen) atoms. The molecular formula is C21H20F3N3O. The number of rotatable bonds is 6. The van der Waals surface area contributed by atoms with E-state index in [0.717, 1.165) is 30.3 Å². The molecule has 0 saturated carbocycles. The number of halogens is 3. The summed E-state index contributed by atoms with van der Waals surface area (Å²) in [7, 11) is 0. The van der Waals surface area contributed by atoms with Gasteiger partial charge < -0.3 is 10.6 Å². The fourth-order valence-corrected chi connectivity index (χ4v) is 2.49. The average molecular weight is 387 g/mol. The Morgan fingerprint density at radius 1 is 1.21 bits per heavy atom. The van der Waals surface area contributed by atoms with Gasteiger partial charge in [0, 0.05) is 11.9 Å². The quantitative estimate of drug-likeness (QED) is 0.544. The summed E-state index contributed by atoms with van der Waals surface area (Å²) in [6, 6.07) is 13.7. The average Bonchev–Trinajstić information content (AvgIpc) is 2.68. The van der Waals surface area contributed by atoms with Gasteiger partial charge in [-0.25, -0.2) is 0 Å². The first kappa shape index (κ1) is 21.0. The predicted octanol–water partition coefficient (Wildman–Crippen LogP) is 4.96. The summed E-state index contributed by atoms with van der Waals surface area (Å²) in [4.78, 5) is 12.3. The fourth-order valence-electron chi connectivity index (χ4n) is 2.49. The van der Waals surface area contributed by atoms with Crippen molar-refractivity contribution in [3.63, 3.8) is 0 Å². The highest BCUT2D eigenvalue weighted by Crippen LogP contribution is 2.30. The maximum absolute atomic E-state index is 12.8. The second kappa shape index (κ2) is 9.09. The van der Waals surface area contributed by atoms with E-state index in [1.54, 1.807) is 13.0 Å². The van der Waals surface area contributed by atoms with Crippen LogP contribution in [0, 0.1) is 11.3 Å². The van der Waals surface area contributed by atoms with Crippen molar-refractivity contribution in [2.24, 2.45) is 0 Å². The summed E-state index contributed by atoms with van der Waals surface area (Å²) in [5.41, 5.74) is 1.12. The molecule has 0 aliphatic rings. The number of nitriles is 1. The number of carbonyl (C=O) groups is 1. The van der Waals surface area contributed by atoms with Gasteiger partial charge in [0.1, 0.15) is 11.6 Å². The highest BCUT2D eigenvalue weighted by molar-refractivity contribution is 5.97. The largest absolute Gasteiger partial charge is 0.416 e. The van der Waals surface area contributed by atoms with Crippen LogP contribution in [0.15, 0.2) is 60.3 Å². The Balaban J connectivity index is 2.07. The minimum Gasteiger partial charge on any atom is -0.360 e. The van der Waals surface area contributed by atoms with E-state index >= 15 is 0 Å². The van der Waals surface area contributed by atoms with Crippen molar-refractivity contribution >= 4 is 11.6 Å². The van der Waals surface area contributed by atoms with E-state index < -0.39 is 17.6 Å². The molecule has 2 N–H and O–H groups in total. The normalized spacial score (nSPS) is 12.8. The lowest BCUT2D eigenvalue weighted by molar-refractivity contribution is -0.137. The maximum Gasteiger partial charge on any atom is 0.416 e. The van der Waals surface area contributed by atoms with Crippen LogP contribution in [-0.2, 0) is 17.4 Å². The van der Waals surface area contributed by atoms with Gasteiger partial charge in [0.25, 0.3) is 5.91 Å². The Kier molecular flexibility index (Phi) is 6.83. The zero-order valence-corrected chi connectivity index (χ0v) is 15.5. The Morgan fingerprint density at radius 3 is 2.46 bits per heavy atom. The number of alkyl halides is 3. The highest BCUT2D eigenvalue weighted by Gasteiger charge is 2.30. The van der Waals surface area contributed by atoms with Crippen molar-refractivity contribution < 1.29 is 18.0 Å². The van der Waals surface area contributed by atoms with Crippen LogP contribution in [-0.4, -0.2) is 5.91 Å². The smallest absolute Gasteiger partial charge is 0.360 e. The van der Waals surface area contributed by atoms with E-state index in [4.69, 9.17) is 0 Å². The minimum atomic E-state index is -4.47. The summed E-state index contributed by atoms with van der Waals surface area (Å²) < 4.78 is 38.3. The molecule has 146 valence electrons. The van der Waals surface area contributed by atoms with E-state index in [1.165, 1.54) is 17.7 Å². The van der Waals surface area contributed by atoms with Crippen molar-refractivity contribution in [2.45, 2.75) is 32.5 Å². The van der Waals surface area contributed by atoms with Gasteiger partial charge in [0.2, 0.25) is 0 Å². The van der Waals surface area contributed by atoms with E-state index in [0.29, 0.717) is 0 Å². The monoisotopic (exact) mass is 387 g/mol. The van der Waals surface area contributed by atoms with Crippen molar-refractivity contribution in [3.8, 4) is 6.07 Å². The number of nitrogens with zero attached hydrogens (tertiary/aromatic N) is 1. The number of aryl methyl sites for hydroxylation is 1. The standard InChI is InChI=1S/C21H20F3N3O/c1-3-15-7-9-16(10-8-15)14(2)27-20(28)17(12-25)13-26-19-6-4-5-18(11-19)21(22,23)24/h4-11,13-14,26H,3H2,1-2H3,(H,27,28)/b17-13-. The van der Waals surface area contributed by atoms with Crippen molar-refractivity contribution in [2.75, 3.05) is 5.32 Å². The third-order valence-corrected chi connectivity index (χ3v) is 4.17. The van der Waals surface area contributed by atoms with Gasteiger partial charge in [0.15, 0.2) is 0 Å². The lowest BCUT2D eigenvalue weighted by atomic mass is 10.0. The van der Waals surface area contributed by atoms with Gasteiger partial charge in [-0.3, -0.25) is 4.79 Å². The summed E-state index contributed by atoms with van der Waals surface area (Å²) in [6.07, 6.45) is -2.47. The Morgan fingerprint density at radius 2 is 1.89 bits per heavy atom. The topological polar surface area (TPSA) is 64.9 Å². The van der Waals surface area contributed by atoms with Crippen LogP contribution in [0.4, 0.5) is 18.9 Å². The number of benzene rings is 2. The van der Waals surface area contributed by atoms with Crippen LogP contribution in [0.2, 0.25) is 0 Å². The molecule has 4 nitrogen and oxygen atoms in total. The Labute approximate surface area is 161 Å². The molecule has 0 bridgehead atoms. The van der Waals surface area contributed by atoms with Crippen LogP contribution in [0.25, 0.3) is 0 Å². The Hall–Kier alpha value is -3.27. The molecule has 0 spiro atoms. The van der Waals surface area contributed by atoms with Gasteiger partial charge in [-0.1, -0.05) is 37.3 Å². The molecule has 0 aliphatic carbocycles. The lowest BCUT2D eigenvalue weighted by Crippen LogP contribution is -2.28. The van der Waals surface area contributed by atoms with Crippen LogP contribution < -0.4 is 10.6 Å². The maximum atomic E-state index is 12.8. The number of carbonyl (C=O) groups excluding carboxylic acids is 1. The van der Waals surface area contributed by atoms with Gasteiger partial charge in [-0.05, 0) is 42.7 Å². The van der Waals surface area contributed by atoms with Gasteiger partial charge in [0.05, 0.1) is 11.6 Å². The molecule has 1 atom stereocenters. The van der Waals surface area contributed by atoms with Gasteiger partial charge in [-0.2, -0.15) is 18.4 Å². The zero-order chi connectivity index (χ0) is 20.7. The lowest BCUT2D eigenvalue weighted by Gasteiger charge is -2.14. The van der Waals surface area contributed by atoms with Gasteiger partial charge >= 0.3 is 6.18 Å². The number of hydrogen-bond donors (Lipinski definition) is 2. The van der Waals surface area contributed by atoms with Crippen molar-refractivity contribution in [3.05, 3.63) is 77.0 Å². The van der Waals surface area contributed by atoms with Crippen LogP contribution in [0.3, 0.4) is 0 Å². The third-order valence-electron chi connectivity index (χ3n) is 4.17. The molecule has 0 aromatic heterocycles. The first-order valence-corrected chi connectivity index (χ1v) is 8.68. The van der Waals surface area contributed by atoms with Crippen molar-refractivity contribution in [1.29, 1.82) is 5.26 Å². The molecule has 0 radical (unpaired) electrons. The first-order valence-electron chi connectivity index (χ1n) is 8.68. The highest BCUT2D eigenvalue weighted by atomic mass is 19.4. The number of hydrogen-bond acceptors (Lipinski definition) is 3. The predicted molar refractivity (Wildman–Crippen MR) is 101 cm³/mol. The van der Waals surface area contributed by atoms with E-state index in [9.17, 15) is 23.2 Å². The number of anilines is 1. The molecule has 0 aliphatic heterocycles. The summed E-state index contributed by atoms with van der Waals surface area (Å²) in [5, 5.41) is 14.5. The van der Waals surface area contributed by atoms with Gasteiger partial charge in [-0.15, -0.1) is 0 Å². The second-order valence-electron chi connectivity index (χ2n) is 6.18. The Bertz CT molecular complexity index is 896. The molecule has 7 heteroatoms. The first-order chi connectivity index (χ1) is 13.2. The summed E-state index contributed by atoms with van der Waals surface area (Å²) >= 11 is 0. The van der Waals surface area contributed by atoms with E-state index in [-0.39, 0.29) is 17.3 Å². The molecule has 0 heterocycles. The van der Waals surface area contributed by atoms with E-state index in [2.05, 4.69) is 10.6 Å². The summed E-state index contributed by atoms with van der Waals surface area (Å²) in [6.45, 7) is 3.83. The van der Waals surface area contributed by atoms with Crippen LogP contribution in [0.5, 0.6) is 0 Å². The molecule has 2 aromatic carbocycles. The fraction of sp³-hybridized carbons (Fsp3) is 0.238. The molecule has 1 unspecified atom stereocenters. The van der Waals surface area contributed by atoms with Crippen LogP contribution >= 0.6 is 0 Å². The van der Waals surface area contributed by atoms with Crippen LogP contribution in [0.1, 0.15) is 36.6 Å². The molecule has 0 saturated heterocycles. The number of amides is 1. The molecule has 0 fully saturated rings. The SMILES string of the molecule is CCc1ccc(C(C)NC(=O)/C(C#N)=C\Nc2cccc(C(F)(F)F)c2)cc1. The second-order valence-corrected chi connectivity index (χ2v) is 6.18. The third kappa shape index (κ3) is 5.61. The molecule has 2 rings (SSSR count). The summed E-state index contributed by atoms with van der Waals surface area (Å²) in [5.74, 6) is -0.617. The zero-order valence-electron chi connectivity index (χ0n) is 15.5. The minimum absolute atomic E-state index is 0.124.